The van der Waals surface area contributed by atoms with Gasteiger partial charge < -0.3 is 4.74 Å². The molecule has 78 valence electrons. The van der Waals surface area contributed by atoms with Crippen LogP contribution in [-0.4, -0.2) is 56.9 Å². The van der Waals surface area contributed by atoms with Crippen LogP contribution < -0.4 is 0 Å². The van der Waals surface area contributed by atoms with Crippen molar-refractivity contribution in [2.75, 3.05) is 33.8 Å². The number of morpholine rings is 1. The van der Waals surface area contributed by atoms with Crippen LogP contribution in [-0.2, 0) is 14.9 Å². The Balaban J connectivity index is 2.71. The molecule has 1 aliphatic heterocycles. The summed E-state index contributed by atoms with van der Waals surface area (Å²) in [6, 6.07) is 0. The molecule has 0 aromatic carbocycles. The Kier molecular flexibility index (Phi) is 3.28. The van der Waals surface area contributed by atoms with Crippen LogP contribution in [0.4, 0.5) is 0 Å². The van der Waals surface area contributed by atoms with Crippen molar-refractivity contribution in [3.05, 3.63) is 0 Å². The predicted molar refractivity (Wildman–Crippen MR) is 49.6 cm³/mol. The van der Waals surface area contributed by atoms with E-state index in [-0.39, 0.29) is 6.10 Å². The lowest BCUT2D eigenvalue weighted by atomic mass is 10.3. The molecule has 0 amide bonds. The summed E-state index contributed by atoms with van der Waals surface area (Å²) in [5.74, 6) is 0. The van der Waals surface area contributed by atoms with E-state index >= 15 is 0 Å². The maximum Gasteiger partial charge on any atom is 0.281 e. The highest BCUT2D eigenvalue weighted by Gasteiger charge is 2.28. The largest absolute Gasteiger partial charge is 0.376 e. The van der Waals surface area contributed by atoms with E-state index < -0.39 is 10.2 Å². The van der Waals surface area contributed by atoms with Gasteiger partial charge >= 0.3 is 0 Å². The Morgan fingerprint density at radius 3 is 2.54 bits per heavy atom. The van der Waals surface area contributed by atoms with Gasteiger partial charge in [0.15, 0.2) is 0 Å². The molecule has 6 heteroatoms. The van der Waals surface area contributed by atoms with Gasteiger partial charge in [-0.15, -0.1) is 0 Å². The minimum Gasteiger partial charge on any atom is -0.376 e. The van der Waals surface area contributed by atoms with Crippen molar-refractivity contribution in [2.45, 2.75) is 13.0 Å². The van der Waals surface area contributed by atoms with Gasteiger partial charge in [0.25, 0.3) is 10.2 Å². The second-order valence-electron chi connectivity index (χ2n) is 3.33. The second-order valence-corrected chi connectivity index (χ2v) is 5.47. The summed E-state index contributed by atoms with van der Waals surface area (Å²) < 4.78 is 31.2. The molecule has 1 heterocycles. The van der Waals surface area contributed by atoms with Crippen LogP contribution >= 0.6 is 0 Å². The van der Waals surface area contributed by atoms with Crippen molar-refractivity contribution in [1.29, 1.82) is 0 Å². The van der Waals surface area contributed by atoms with E-state index in [2.05, 4.69) is 0 Å². The number of rotatable bonds is 2. The molecule has 0 aromatic rings. The average molecular weight is 208 g/mol. The zero-order valence-corrected chi connectivity index (χ0v) is 9.04. The Morgan fingerprint density at radius 1 is 1.46 bits per heavy atom. The molecular formula is C7H16N2O3S. The Morgan fingerprint density at radius 2 is 2.08 bits per heavy atom. The summed E-state index contributed by atoms with van der Waals surface area (Å²) >= 11 is 0. The van der Waals surface area contributed by atoms with Gasteiger partial charge in [0.1, 0.15) is 0 Å². The zero-order valence-electron chi connectivity index (χ0n) is 8.23. The third kappa shape index (κ3) is 2.40. The molecular weight excluding hydrogens is 192 g/mol. The summed E-state index contributed by atoms with van der Waals surface area (Å²) in [6.07, 6.45) is -0.0107. The molecule has 0 radical (unpaired) electrons. The van der Waals surface area contributed by atoms with Gasteiger partial charge in [0.05, 0.1) is 12.7 Å². The van der Waals surface area contributed by atoms with Gasteiger partial charge in [0, 0.05) is 27.2 Å². The van der Waals surface area contributed by atoms with Crippen molar-refractivity contribution in [3.8, 4) is 0 Å². The molecule has 0 spiro atoms. The maximum atomic E-state index is 11.6. The van der Waals surface area contributed by atoms with E-state index in [0.29, 0.717) is 19.7 Å². The normalized spacial score (nSPS) is 26.6. The highest BCUT2D eigenvalue weighted by atomic mass is 32.2. The molecule has 1 fully saturated rings. The van der Waals surface area contributed by atoms with Gasteiger partial charge in [-0.1, -0.05) is 0 Å². The minimum absolute atomic E-state index is 0.0107. The standard InChI is InChI=1S/C7H16N2O3S/c1-7-6-9(4-5-12-7)13(10,11)8(2)3/h7H,4-6H2,1-3H3/t7-/m0/s1. The van der Waals surface area contributed by atoms with Crippen molar-refractivity contribution < 1.29 is 13.2 Å². The third-order valence-corrected chi connectivity index (χ3v) is 3.90. The Hall–Kier alpha value is -0.170. The topological polar surface area (TPSA) is 49.9 Å². The molecule has 1 saturated heterocycles. The SMILES string of the molecule is C[C@H]1CN(S(=O)(=O)N(C)C)CCO1. The second kappa shape index (κ2) is 3.91. The molecule has 1 aliphatic rings. The summed E-state index contributed by atoms with van der Waals surface area (Å²) in [5.41, 5.74) is 0. The molecule has 0 aliphatic carbocycles. The van der Waals surface area contributed by atoms with E-state index in [1.54, 1.807) is 0 Å². The smallest absolute Gasteiger partial charge is 0.281 e. The highest BCUT2D eigenvalue weighted by Crippen LogP contribution is 2.10. The average Bonchev–Trinajstić information content (AvgIpc) is 2.04. The molecule has 0 saturated carbocycles. The van der Waals surface area contributed by atoms with Crippen LogP contribution in [0.1, 0.15) is 6.92 Å². The molecule has 13 heavy (non-hydrogen) atoms. The van der Waals surface area contributed by atoms with Gasteiger partial charge in [-0.3, -0.25) is 0 Å². The lowest BCUT2D eigenvalue weighted by Gasteiger charge is -2.31. The summed E-state index contributed by atoms with van der Waals surface area (Å²) in [5, 5.41) is 0. The third-order valence-electron chi connectivity index (χ3n) is 1.99. The van der Waals surface area contributed by atoms with E-state index in [1.807, 2.05) is 6.92 Å². The number of ether oxygens (including phenoxy) is 1. The van der Waals surface area contributed by atoms with E-state index in [9.17, 15) is 8.42 Å². The molecule has 0 bridgehead atoms. The first-order valence-corrected chi connectivity index (χ1v) is 5.63. The molecule has 0 aromatic heterocycles. The number of hydrogen-bond donors (Lipinski definition) is 0. The van der Waals surface area contributed by atoms with Gasteiger partial charge in [-0.05, 0) is 6.92 Å². The van der Waals surface area contributed by atoms with Crippen LogP contribution in [0.3, 0.4) is 0 Å². The van der Waals surface area contributed by atoms with Gasteiger partial charge in [-0.2, -0.15) is 17.0 Å². The predicted octanol–water partition coefficient (Wildman–Crippen LogP) is -0.486. The monoisotopic (exact) mass is 208 g/mol. The van der Waals surface area contributed by atoms with Crippen molar-refractivity contribution in [2.24, 2.45) is 0 Å². The number of hydrogen-bond acceptors (Lipinski definition) is 3. The molecule has 0 N–H and O–H groups in total. The summed E-state index contributed by atoms with van der Waals surface area (Å²) in [6.45, 7) is 3.25. The highest BCUT2D eigenvalue weighted by molar-refractivity contribution is 7.86. The lowest BCUT2D eigenvalue weighted by Crippen LogP contribution is -2.48. The van der Waals surface area contributed by atoms with Gasteiger partial charge in [-0.25, -0.2) is 0 Å². The van der Waals surface area contributed by atoms with E-state index in [0.717, 1.165) is 0 Å². The zero-order chi connectivity index (χ0) is 10.1. The molecule has 1 rings (SSSR count). The summed E-state index contributed by atoms with van der Waals surface area (Å²) in [7, 11) is -0.172. The summed E-state index contributed by atoms with van der Waals surface area (Å²) in [4.78, 5) is 0. The van der Waals surface area contributed by atoms with Crippen molar-refractivity contribution >= 4 is 10.2 Å². The van der Waals surface area contributed by atoms with Crippen LogP contribution in [0.5, 0.6) is 0 Å². The fourth-order valence-electron chi connectivity index (χ4n) is 1.23. The molecule has 1 atom stereocenters. The van der Waals surface area contributed by atoms with Crippen LogP contribution in [0.2, 0.25) is 0 Å². The molecule has 0 unspecified atom stereocenters. The minimum atomic E-state index is -3.25. The lowest BCUT2D eigenvalue weighted by molar-refractivity contribution is 0.00877. The Bertz CT molecular complexity index is 263. The first-order chi connectivity index (χ1) is 5.94. The van der Waals surface area contributed by atoms with Gasteiger partial charge in [0.2, 0.25) is 0 Å². The fourth-order valence-corrected chi connectivity index (χ4v) is 2.39. The first-order valence-electron chi connectivity index (χ1n) is 4.24. The van der Waals surface area contributed by atoms with Crippen LogP contribution in [0.15, 0.2) is 0 Å². The number of nitrogens with zero attached hydrogens (tertiary/aromatic N) is 2. The maximum absolute atomic E-state index is 11.6. The van der Waals surface area contributed by atoms with Crippen molar-refractivity contribution in [3.63, 3.8) is 0 Å². The van der Waals surface area contributed by atoms with Crippen LogP contribution in [0, 0.1) is 0 Å². The fraction of sp³-hybridized carbons (Fsp3) is 1.00. The van der Waals surface area contributed by atoms with Crippen LogP contribution in [0.25, 0.3) is 0 Å². The van der Waals surface area contributed by atoms with Crippen molar-refractivity contribution in [1.82, 2.24) is 8.61 Å². The Labute approximate surface area is 79.5 Å². The van der Waals surface area contributed by atoms with E-state index in [1.165, 1.54) is 22.7 Å². The van der Waals surface area contributed by atoms with E-state index in [4.69, 9.17) is 4.74 Å². The molecule has 5 nitrogen and oxygen atoms in total. The quantitative estimate of drug-likeness (QED) is 0.615. The first kappa shape index (κ1) is 10.9.